The molecule has 1 unspecified atom stereocenters. The van der Waals surface area contributed by atoms with Gasteiger partial charge >= 0.3 is 0 Å². The van der Waals surface area contributed by atoms with Crippen LogP contribution in [0.5, 0.6) is 5.75 Å². The molecule has 0 radical (unpaired) electrons. The van der Waals surface area contributed by atoms with Gasteiger partial charge in [0.25, 0.3) is 0 Å². The molecule has 0 saturated heterocycles. The SMILES string of the molecule is NCc1sc(C2CCOc3ccccc32)nc1C1CC1. The van der Waals surface area contributed by atoms with Crippen molar-refractivity contribution in [3.05, 3.63) is 45.4 Å². The van der Waals surface area contributed by atoms with E-state index in [1.807, 2.05) is 6.07 Å². The number of benzene rings is 1. The van der Waals surface area contributed by atoms with Crippen LogP contribution in [0, 0.1) is 0 Å². The topological polar surface area (TPSA) is 48.1 Å². The fourth-order valence-corrected chi connectivity index (χ4v) is 4.14. The Morgan fingerprint density at radius 2 is 2.10 bits per heavy atom. The van der Waals surface area contributed by atoms with Crippen LogP contribution in [0.15, 0.2) is 24.3 Å². The number of hydrogen-bond acceptors (Lipinski definition) is 4. The predicted molar refractivity (Wildman–Crippen MR) is 80.4 cm³/mol. The van der Waals surface area contributed by atoms with Gasteiger partial charge in [0.15, 0.2) is 0 Å². The molecule has 1 saturated carbocycles. The number of hydrogen-bond donors (Lipinski definition) is 1. The van der Waals surface area contributed by atoms with Crippen LogP contribution < -0.4 is 10.5 Å². The standard InChI is InChI=1S/C16H18N2OS/c17-9-14-15(10-5-6-10)18-16(20-14)12-7-8-19-13-4-2-1-3-11(12)13/h1-4,10,12H,5-9,17H2. The number of ether oxygens (including phenoxy) is 1. The predicted octanol–water partition coefficient (Wildman–Crippen LogP) is 3.39. The van der Waals surface area contributed by atoms with E-state index >= 15 is 0 Å². The quantitative estimate of drug-likeness (QED) is 0.940. The Balaban J connectivity index is 1.75. The smallest absolute Gasteiger partial charge is 0.123 e. The van der Waals surface area contributed by atoms with Gasteiger partial charge in [-0.25, -0.2) is 4.98 Å². The maximum atomic E-state index is 5.90. The fraction of sp³-hybridized carbons (Fsp3) is 0.438. The van der Waals surface area contributed by atoms with E-state index in [0.29, 0.717) is 18.4 Å². The lowest BCUT2D eigenvalue weighted by atomic mass is 9.94. The highest BCUT2D eigenvalue weighted by Crippen LogP contribution is 2.46. The molecule has 4 heteroatoms. The Morgan fingerprint density at radius 3 is 2.90 bits per heavy atom. The van der Waals surface area contributed by atoms with Gasteiger partial charge in [0.2, 0.25) is 0 Å². The lowest BCUT2D eigenvalue weighted by molar-refractivity contribution is 0.277. The Labute approximate surface area is 122 Å². The third-order valence-electron chi connectivity index (χ3n) is 4.15. The number of aromatic nitrogens is 1. The van der Waals surface area contributed by atoms with Crippen LogP contribution in [0.4, 0.5) is 0 Å². The highest BCUT2D eigenvalue weighted by atomic mass is 32.1. The van der Waals surface area contributed by atoms with Gasteiger partial charge in [-0.05, 0) is 25.3 Å². The molecule has 1 aliphatic carbocycles. The van der Waals surface area contributed by atoms with Crippen LogP contribution in [0.25, 0.3) is 0 Å². The van der Waals surface area contributed by atoms with Gasteiger partial charge in [0, 0.05) is 28.8 Å². The largest absolute Gasteiger partial charge is 0.493 e. The summed E-state index contributed by atoms with van der Waals surface area (Å²) < 4.78 is 5.75. The fourth-order valence-electron chi connectivity index (χ4n) is 2.95. The van der Waals surface area contributed by atoms with Gasteiger partial charge in [-0.2, -0.15) is 0 Å². The minimum absolute atomic E-state index is 0.378. The highest BCUT2D eigenvalue weighted by Gasteiger charge is 2.32. The number of para-hydroxylation sites is 1. The summed E-state index contributed by atoms with van der Waals surface area (Å²) in [6.45, 7) is 1.40. The number of rotatable bonds is 3. The first kappa shape index (κ1) is 12.4. The zero-order valence-corrected chi connectivity index (χ0v) is 12.2. The van der Waals surface area contributed by atoms with Crippen LogP contribution in [-0.4, -0.2) is 11.6 Å². The average molecular weight is 286 g/mol. The molecular formula is C16H18N2OS. The van der Waals surface area contributed by atoms with Crippen molar-refractivity contribution in [1.29, 1.82) is 0 Å². The number of nitrogens with two attached hydrogens (primary N) is 1. The minimum atomic E-state index is 0.378. The van der Waals surface area contributed by atoms with Gasteiger partial charge in [-0.3, -0.25) is 0 Å². The number of fused-ring (bicyclic) bond motifs is 1. The van der Waals surface area contributed by atoms with Crippen molar-refractivity contribution in [3.63, 3.8) is 0 Å². The summed E-state index contributed by atoms with van der Waals surface area (Å²) in [5.74, 6) is 2.07. The van der Waals surface area contributed by atoms with E-state index in [1.54, 1.807) is 11.3 Å². The molecule has 4 rings (SSSR count). The molecule has 1 aromatic carbocycles. The summed E-state index contributed by atoms with van der Waals surface area (Å²) >= 11 is 1.81. The van der Waals surface area contributed by atoms with Crippen molar-refractivity contribution in [3.8, 4) is 5.75 Å². The first-order valence-corrected chi connectivity index (χ1v) is 8.09. The normalized spacial score (nSPS) is 21.4. The lowest BCUT2D eigenvalue weighted by Gasteiger charge is -2.24. The minimum Gasteiger partial charge on any atom is -0.493 e. The van der Waals surface area contributed by atoms with Gasteiger partial charge in [0.05, 0.1) is 12.3 Å². The Kier molecular flexibility index (Phi) is 3.00. The molecule has 1 fully saturated rings. The average Bonchev–Trinajstić information content (AvgIpc) is 3.26. The van der Waals surface area contributed by atoms with Crippen LogP contribution in [0.3, 0.4) is 0 Å². The van der Waals surface area contributed by atoms with E-state index in [9.17, 15) is 0 Å². The van der Waals surface area contributed by atoms with Gasteiger partial charge in [-0.15, -0.1) is 11.3 Å². The summed E-state index contributed by atoms with van der Waals surface area (Å²) in [5, 5.41) is 1.23. The second-order valence-corrected chi connectivity index (χ2v) is 6.68. The number of thiazole rings is 1. The molecule has 20 heavy (non-hydrogen) atoms. The van der Waals surface area contributed by atoms with Crippen molar-refractivity contribution in [1.82, 2.24) is 4.98 Å². The van der Waals surface area contributed by atoms with E-state index in [2.05, 4.69) is 18.2 Å². The molecule has 2 heterocycles. The summed E-state index contributed by atoms with van der Waals surface area (Å²) in [6.07, 6.45) is 3.57. The van der Waals surface area contributed by atoms with Crippen LogP contribution in [0.1, 0.15) is 52.2 Å². The van der Waals surface area contributed by atoms with Crippen molar-refractivity contribution in [2.75, 3.05) is 6.61 Å². The Bertz CT molecular complexity index is 633. The van der Waals surface area contributed by atoms with Gasteiger partial charge in [-0.1, -0.05) is 18.2 Å². The number of nitrogens with zero attached hydrogens (tertiary/aromatic N) is 1. The van der Waals surface area contributed by atoms with Crippen molar-refractivity contribution in [2.45, 2.75) is 37.6 Å². The maximum Gasteiger partial charge on any atom is 0.123 e. The monoisotopic (exact) mass is 286 g/mol. The molecule has 1 atom stereocenters. The summed E-state index contributed by atoms with van der Waals surface area (Å²) in [4.78, 5) is 6.23. The molecule has 2 aromatic rings. The maximum absolute atomic E-state index is 5.90. The second-order valence-electron chi connectivity index (χ2n) is 5.57. The third kappa shape index (κ3) is 2.03. The molecule has 0 bridgehead atoms. The molecular weight excluding hydrogens is 268 g/mol. The first-order chi connectivity index (χ1) is 9.86. The van der Waals surface area contributed by atoms with Gasteiger partial charge in [0.1, 0.15) is 10.8 Å². The zero-order valence-electron chi connectivity index (χ0n) is 11.3. The molecule has 0 amide bonds. The molecule has 1 aromatic heterocycles. The molecule has 1 aliphatic heterocycles. The van der Waals surface area contributed by atoms with E-state index in [0.717, 1.165) is 18.8 Å². The van der Waals surface area contributed by atoms with Crippen molar-refractivity contribution >= 4 is 11.3 Å². The summed E-state index contributed by atoms with van der Waals surface area (Å²) in [7, 11) is 0. The molecule has 3 nitrogen and oxygen atoms in total. The van der Waals surface area contributed by atoms with E-state index < -0.39 is 0 Å². The van der Waals surface area contributed by atoms with E-state index in [-0.39, 0.29) is 0 Å². The Hall–Kier alpha value is -1.39. The molecule has 2 N–H and O–H groups in total. The van der Waals surface area contributed by atoms with E-state index in [4.69, 9.17) is 15.5 Å². The van der Waals surface area contributed by atoms with E-state index in [1.165, 1.54) is 34.0 Å². The van der Waals surface area contributed by atoms with Crippen LogP contribution in [-0.2, 0) is 6.54 Å². The molecule has 2 aliphatic rings. The molecule has 0 spiro atoms. The first-order valence-electron chi connectivity index (χ1n) is 7.28. The Morgan fingerprint density at radius 1 is 1.25 bits per heavy atom. The van der Waals surface area contributed by atoms with Crippen LogP contribution >= 0.6 is 11.3 Å². The molecule has 104 valence electrons. The third-order valence-corrected chi connectivity index (χ3v) is 5.36. The highest BCUT2D eigenvalue weighted by molar-refractivity contribution is 7.11. The summed E-state index contributed by atoms with van der Waals surface area (Å²) in [6, 6.07) is 8.34. The zero-order chi connectivity index (χ0) is 13.5. The van der Waals surface area contributed by atoms with Crippen molar-refractivity contribution < 1.29 is 4.74 Å². The van der Waals surface area contributed by atoms with Crippen molar-refractivity contribution in [2.24, 2.45) is 5.73 Å². The van der Waals surface area contributed by atoms with Crippen LogP contribution in [0.2, 0.25) is 0 Å². The second kappa shape index (κ2) is 4.86. The van der Waals surface area contributed by atoms with Gasteiger partial charge < -0.3 is 10.5 Å². The lowest BCUT2D eigenvalue weighted by Crippen LogP contribution is -2.14. The summed E-state index contributed by atoms with van der Waals surface area (Å²) in [5.41, 5.74) is 8.45.